The second-order valence-electron chi connectivity index (χ2n) is 3.64. The van der Waals surface area contributed by atoms with Crippen LogP contribution in [0.1, 0.15) is 0 Å². The molecule has 3 nitrogen and oxygen atoms in total. The van der Waals surface area contributed by atoms with E-state index in [4.69, 9.17) is 5.73 Å². The van der Waals surface area contributed by atoms with Crippen molar-refractivity contribution in [1.82, 2.24) is 9.80 Å². The van der Waals surface area contributed by atoms with E-state index in [1.54, 1.807) is 4.90 Å². The molecule has 5 heteroatoms. The van der Waals surface area contributed by atoms with Gasteiger partial charge in [-0.2, -0.15) is 0 Å². The van der Waals surface area contributed by atoms with Gasteiger partial charge in [-0.1, -0.05) is 0 Å². The molecule has 0 saturated carbocycles. The average molecular weight is 193 g/mol. The van der Waals surface area contributed by atoms with Gasteiger partial charge in [-0.15, -0.1) is 0 Å². The number of piperazine rings is 1. The Morgan fingerprint density at radius 1 is 1.23 bits per heavy atom. The number of nitrogens with two attached hydrogens (primary N) is 1. The molecule has 1 aliphatic rings. The Labute approximate surface area is 77.5 Å². The molecule has 0 aliphatic carbocycles. The molecule has 1 fully saturated rings. The van der Waals surface area contributed by atoms with Crippen LogP contribution >= 0.6 is 0 Å². The lowest BCUT2D eigenvalue weighted by Crippen LogP contribution is -2.50. The molecular formula is C8H17F2N3. The van der Waals surface area contributed by atoms with E-state index in [0.717, 1.165) is 13.1 Å². The van der Waals surface area contributed by atoms with Gasteiger partial charge in [-0.25, -0.2) is 8.78 Å². The SMILES string of the molecule is CN1CCN(CC(F)(F)CN)CC1. The zero-order valence-corrected chi connectivity index (χ0v) is 7.97. The summed E-state index contributed by atoms with van der Waals surface area (Å²) in [4.78, 5) is 3.91. The Kier molecular flexibility index (Phi) is 3.58. The number of hydrogen-bond donors (Lipinski definition) is 1. The van der Waals surface area contributed by atoms with Gasteiger partial charge in [0, 0.05) is 26.2 Å². The predicted octanol–water partition coefficient (Wildman–Crippen LogP) is -0.172. The van der Waals surface area contributed by atoms with Crippen LogP contribution in [-0.4, -0.2) is 62.0 Å². The molecule has 1 saturated heterocycles. The lowest BCUT2D eigenvalue weighted by atomic mass is 10.2. The second kappa shape index (κ2) is 4.30. The van der Waals surface area contributed by atoms with Crippen LogP contribution in [0.15, 0.2) is 0 Å². The van der Waals surface area contributed by atoms with E-state index in [0.29, 0.717) is 13.1 Å². The van der Waals surface area contributed by atoms with Gasteiger partial charge in [-0.3, -0.25) is 4.90 Å². The largest absolute Gasteiger partial charge is 0.325 e. The van der Waals surface area contributed by atoms with Crippen molar-refractivity contribution in [2.24, 2.45) is 5.73 Å². The average Bonchev–Trinajstić information content (AvgIpc) is 2.09. The van der Waals surface area contributed by atoms with Crippen molar-refractivity contribution in [2.75, 3.05) is 46.3 Å². The van der Waals surface area contributed by atoms with Gasteiger partial charge in [0.1, 0.15) is 0 Å². The van der Waals surface area contributed by atoms with Gasteiger partial charge in [0.25, 0.3) is 5.92 Å². The molecule has 2 N–H and O–H groups in total. The molecule has 0 radical (unpaired) electrons. The minimum Gasteiger partial charge on any atom is -0.325 e. The van der Waals surface area contributed by atoms with Crippen LogP contribution in [-0.2, 0) is 0 Å². The number of likely N-dealkylation sites (N-methyl/N-ethyl adjacent to an activating group) is 1. The summed E-state index contributed by atoms with van der Waals surface area (Å²) in [5, 5.41) is 0. The molecule has 78 valence electrons. The Bertz CT molecular complexity index is 155. The third-order valence-corrected chi connectivity index (χ3v) is 2.35. The van der Waals surface area contributed by atoms with E-state index in [2.05, 4.69) is 4.90 Å². The van der Waals surface area contributed by atoms with Crippen LogP contribution in [0.2, 0.25) is 0 Å². The first-order valence-corrected chi connectivity index (χ1v) is 4.52. The Hall–Kier alpha value is -0.260. The van der Waals surface area contributed by atoms with Crippen molar-refractivity contribution in [3.63, 3.8) is 0 Å². The summed E-state index contributed by atoms with van der Waals surface area (Å²) in [5.41, 5.74) is 4.96. The first-order valence-electron chi connectivity index (χ1n) is 4.52. The maximum absolute atomic E-state index is 12.9. The first-order chi connectivity index (χ1) is 6.03. The van der Waals surface area contributed by atoms with Crippen molar-refractivity contribution in [1.29, 1.82) is 0 Å². The molecule has 0 amide bonds. The van der Waals surface area contributed by atoms with Crippen LogP contribution in [0.4, 0.5) is 8.78 Å². The fourth-order valence-electron chi connectivity index (χ4n) is 1.40. The monoisotopic (exact) mass is 193 g/mol. The molecule has 1 aliphatic heterocycles. The van der Waals surface area contributed by atoms with E-state index >= 15 is 0 Å². The van der Waals surface area contributed by atoms with E-state index in [1.165, 1.54) is 0 Å². The van der Waals surface area contributed by atoms with E-state index < -0.39 is 12.5 Å². The van der Waals surface area contributed by atoms with Crippen molar-refractivity contribution < 1.29 is 8.78 Å². The fraction of sp³-hybridized carbons (Fsp3) is 1.00. The Balaban J connectivity index is 2.30. The van der Waals surface area contributed by atoms with Crippen LogP contribution in [0, 0.1) is 0 Å². The maximum atomic E-state index is 12.9. The second-order valence-corrected chi connectivity index (χ2v) is 3.64. The standard InChI is InChI=1S/C8H17F2N3/c1-12-2-4-13(5-3-12)7-8(9,10)6-11/h2-7,11H2,1H3. The third-order valence-electron chi connectivity index (χ3n) is 2.35. The highest BCUT2D eigenvalue weighted by Crippen LogP contribution is 2.14. The lowest BCUT2D eigenvalue weighted by molar-refractivity contribution is -0.0322. The summed E-state index contributed by atoms with van der Waals surface area (Å²) in [7, 11) is 2.00. The Morgan fingerprint density at radius 2 is 1.77 bits per heavy atom. The smallest absolute Gasteiger partial charge is 0.272 e. The van der Waals surface area contributed by atoms with Gasteiger partial charge in [0.05, 0.1) is 13.1 Å². The molecule has 13 heavy (non-hydrogen) atoms. The zero-order chi connectivity index (χ0) is 9.90. The van der Waals surface area contributed by atoms with E-state index in [-0.39, 0.29) is 6.54 Å². The molecule has 0 bridgehead atoms. The third kappa shape index (κ3) is 3.54. The zero-order valence-electron chi connectivity index (χ0n) is 7.97. The minimum atomic E-state index is -2.73. The summed E-state index contributed by atoms with van der Waals surface area (Å²) in [6.45, 7) is 2.40. The summed E-state index contributed by atoms with van der Waals surface area (Å²) >= 11 is 0. The number of nitrogens with zero attached hydrogens (tertiary/aromatic N) is 2. The molecule has 1 heterocycles. The highest BCUT2D eigenvalue weighted by molar-refractivity contribution is 4.77. The molecule has 0 unspecified atom stereocenters. The van der Waals surface area contributed by atoms with Crippen LogP contribution in [0.5, 0.6) is 0 Å². The van der Waals surface area contributed by atoms with Crippen molar-refractivity contribution in [3.8, 4) is 0 Å². The van der Waals surface area contributed by atoms with Gasteiger partial charge in [0.15, 0.2) is 0 Å². The molecule has 1 rings (SSSR count). The minimum absolute atomic E-state index is 0.197. The van der Waals surface area contributed by atoms with Crippen molar-refractivity contribution in [2.45, 2.75) is 5.92 Å². The number of rotatable bonds is 3. The molecular weight excluding hydrogens is 176 g/mol. The quantitative estimate of drug-likeness (QED) is 0.675. The van der Waals surface area contributed by atoms with Gasteiger partial charge in [-0.05, 0) is 7.05 Å². The van der Waals surface area contributed by atoms with E-state index in [9.17, 15) is 8.78 Å². The topological polar surface area (TPSA) is 32.5 Å². The molecule has 0 aromatic rings. The summed E-state index contributed by atoms with van der Waals surface area (Å²) in [5.74, 6) is -2.73. The van der Waals surface area contributed by atoms with Crippen molar-refractivity contribution >= 4 is 0 Å². The number of hydrogen-bond acceptors (Lipinski definition) is 3. The van der Waals surface area contributed by atoms with Crippen LogP contribution < -0.4 is 5.73 Å². The highest BCUT2D eigenvalue weighted by atomic mass is 19.3. The molecule has 0 aromatic carbocycles. The lowest BCUT2D eigenvalue weighted by Gasteiger charge is -2.34. The predicted molar refractivity (Wildman–Crippen MR) is 47.9 cm³/mol. The normalized spacial score (nSPS) is 22.2. The Morgan fingerprint density at radius 3 is 2.23 bits per heavy atom. The summed E-state index contributed by atoms with van der Waals surface area (Å²) in [6, 6.07) is 0. The molecule has 0 atom stereocenters. The van der Waals surface area contributed by atoms with Crippen LogP contribution in [0.3, 0.4) is 0 Å². The fourth-order valence-corrected chi connectivity index (χ4v) is 1.40. The first kappa shape index (κ1) is 10.8. The molecule has 0 aromatic heterocycles. The van der Waals surface area contributed by atoms with Gasteiger partial charge < -0.3 is 10.6 Å². The summed E-state index contributed by atoms with van der Waals surface area (Å²) < 4.78 is 25.7. The maximum Gasteiger partial charge on any atom is 0.272 e. The van der Waals surface area contributed by atoms with Crippen LogP contribution in [0.25, 0.3) is 0 Å². The van der Waals surface area contributed by atoms with Gasteiger partial charge in [0.2, 0.25) is 0 Å². The number of alkyl halides is 2. The van der Waals surface area contributed by atoms with Gasteiger partial charge >= 0.3 is 0 Å². The molecule has 0 spiro atoms. The highest BCUT2D eigenvalue weighted by Gasteiger charge is 2.30. The van der Waals surface area contributed by atoms with E-state index in [1.807, 2.05) is 7.05 Å². The van der Waals surface area contributed by atoms with Crippen molar-refractivity contribution in [3.05, 3.63) is 0 Å². The number of halogens is 2. The summed E-state index contributed by atoms with van der Waals surface area (Å²) in [6.07, 6.45) is 0.